The lowest BCUT2D eigenvalue weighted by Gasteiger charge is -2.24. The van der Waals surface area contributed by atoms with Crippen molar-refractivity contribution in [2.75, 3.05) is 7.05 Å². The van der Waals surface area contributed by atoms with Gasteiger partial charge < -0.3 is 5.32 Å². The van der Waals surface area contributed by atoms with Gasteiger partial charge in [0.25, 0.3) is 0 Å². The Hall–Kier alpha value is -1.61. The van der Waals surface area contributed by atoms with E-state index >= 15 is 0 Å². The molecule has 2 atom stereocenters. The summed E-state index contributed by atoms with van der Waals surface area (Å²) in [6, 6.07) is 9.23. The first-order chi connectivity index (χ1) is 8.61. The van der Waals surface area contributed by atoms with E-state index in [1.807, 2.05) is 17.9 Å². The summed E-state index contributed by atoms with van der Waals surface area (Å²) >= 11 is 0. The van der Waals surface area contributed by atoms with Gasteiger partial charge in [0, 0.05) is 6.20 Å². The minimum atomic E-state index is 0.268. The standard InChI is InChI=1S/C15H21N3/c1-11-5-7-14(8-6-11)15(16-4)13(3)18-10-12(2)9-17-18/h5-10,13,15-16H,1-4H3. The molecule has 0 aliphatic rings. The van der Waals surface area contributed by atoms with Crippen LogP contribution in [0.25, 0.3) is 0 Å². The highest BCUT2D eigenvalue weighted by Gasteiger charge is 2.19. The maximum Gasteiger partial charge on any atom is 0.0685 e. The second-order valence-corrected chi connectivity index (χ2v) is 4.92. The van der Waals surface area contributed by atoms with Crippen LogP contribution in [0.2, 0.25) is 0 Å². The SMILES string of the molecule is CNC(c1ccc(C)cc1)C(C)n1cc(C)cn1. The number of hydrogen-bond donors (Lipinski definition) is 1. The van der Waals surface area contributed by atoms with Crippen LogP contribution < -0.4 is 5.32 Å². The summed E-state index contributed by atoms with van der Waals surface area (Å²) in [5.41, 5.74) is 3.78. The van der Waals surface area contributed by atoms with Gasteiger partial charge in [0.1, 0.15) is 0 Å². The zero-order chi connectivity index (χ0) is 13.1. The molecular formula is C15H21N3. The fourth-order valence-electron chi connectivity index (χ4n) is 2.27. The van der Waals surface area contributed by atoms with E-state index in [0.717, 1.165) is 0 Å². The average Bonchev–Trinajstić information content (AvgIpc) is 2.79. The molecule has 2 rings (SSSR count). The van der Waals surface area contributed by atoms with Gasteiger partial charge in [-0.2, -0.15) is 5.10 Å². The number of nitrogens with one attached hydrogen (secondary N) is 1. The van der Waals surface area contributed by atoms with Crippen LogP contribution in [0.3, 0.4) is 0 Å². The van der Waals surface area contributed by atoms with Crippen molar-refractivity contribution >= 4 is 0 Å². The number of aromatic nitrogens is 2. The molecule has 3 nitrogen and oxygen atoms in total. The first kappa shape index (κ1) is 12.8. The summed E-state index contributed by atoms with van der Waals surface area (Å²) in [6.45, 7) is 6.36. The highest BCUT2D eigenvalue weighted by atomic mass is 15.3. The molecule has 0 radical (unpaired) electrons. The van der Waals surface area contributed by atoms with E-state index in [1.54, 1.807) is 0 Å². The minimum Gasteiger partial charge on any atom is -0.311 e. The van der Waals surface area contributed by atoms with Gasteiger partial charge in [0.2, 0.25) is 0 Å². The van der Waals surface area contributed by atoms with E-state index in [0.29, 0.717) is 0 Å². The van der Waals surface area contributed by atoms with Gasteiger partial charge in [-0.25, -0.2) is 0 Å². The van der Waals surface area contributed by atoms with Gasteiger partial charge in [-0.1, -0.05) is 29.8 Å². The van der Waals surface area contributed by atoms with Crippen LogP contribution in [-0.4, -0.2) is 16.8 Å². The van der Waals surface area contributed by atoms with Gasteiger partial charge in [-0.3, -0.25) is 4.68 Å². The fourth-order valence-corrected chi connectivity index (χ4v) is 2.27. The van der Waals surface area contributed by atoms with E-state index in [9.17, 15) is 0 Å². The lowest BCUT2D eigenvalue weighted by atomic mass is 9.99. The van der Waals surface area contributed by atoms with Crippen molar-refractivity contribution in [3.05, 3.63) is 53.3 Å². The van der Waals surface area contributed by atoms with E-state index in [4.69, 9.17) is 0 Å². The van der Waals surface area contributed by atoms with Crippen LogP contribution in [-0.2, 0) is 0 Å². The number of benzene rings is 1. The molecule has 0 fully saturated rings. The third kappa shape index (κ3) is 2.62. The number of hydrogen-bond acceptors (Lipinski definition) is 2. The number of aryl methyl sites for hydroxylation is 2. The fraction of sp³-hybridized carbons (Fsp3) is 0.400. The van der Waals surface area contributed by atoms with Crippen molar-refractivity contribution in [1.82, 2.24) is 15.1 Å². The van der Waals surface area contributed by atoms with Crippen LogP contribution in [0, 0.1) is 13.8 Å². The topological polar surface area (TPSA) is 29.9 Å². The number of nitrogens with zero attached hydrogens (tertiary/aromatic N) is 2. The predicted octanol–water partition coefficient (Wildman–Crippen LogP) is 3.02. The minimum absolute atomic E-state index is 0.268. The van der Waals surface area contributed by atoms with Crippen molar-refractivity contribution in [3.63, 3.8) is 0 Å². The Morgan fingerprint density at radius 1 is 1.11 bits per heavy atom. The normalized spacial score (nSPS) is 14.4. The maximum atomic E-state index is 4.40. The van der Waals surface area contributed by atoms with Gasteiger partial charge in [-0.05, 0) is 38.9 Å². The van der Waals surface area contributed by atoms with E-state index < -0.39 is 0 Å². The van der Waals surface area contributed by atoms with Gasteiger partial charge in [0.05, 0.1) is 18.3 Å². The second-order valence-electron chi connectivity index (χ2n) is 4.92. The van der Waals surface area contributed by atoms with Gasteiger partial charge in [-0.15, -0.1) is 0 Å². The largest absolute Gasteiger partial charge is 0.311 e. The van der Waals surface area contributed by atoms with Crippen molar-refractivity contribution in [1.29, 1.82) is 0 Å². The second kappa shape index (κ2) is 5.36. The van der Waals surface area contributed by atoms with E-state index in [-0.39, 0.29) is 12.1 Å². The Morgan fingerprint density at radius 3 is 2.28 bits per heavy atom. The summed E-state index contributed by atoms with van der Waals surface area (Å²) < 4.78 is 2.02. The third-order valence-electron chi connectivity index (χ3n) is 3.38. The molecule has 3 heteroatoms. The average molecular weight is 243 g/mol. The molecule has 1 N–H and O–H groups in total. The molecule has 0 spiro atoms. The Balaban J connectivity index is 2.25. The van der Waals surface area contributed by atoms with Crippen molar-refractivity contribution < 1.29 is 0 Å². The molecule has 1 aromatic heterocycles. The molecule has 0 saturated carbocycles. The molecule has 0 saturated heterocycles. The Labute approximate surface area is 109 Å². The zero-order valence-electron chi connectivity index (χ0n) is 11.5. The molecule has 18 heavy (non-hydrogen) atoms. The molecule has 2 aromatic rings. The number of rotatable bonds is 4. The third-order valence-corrected chi connectivity index (χ3v) is 3.38. The molecule has 0 bridgehead atoms. The smallest absolute Gasteiger partial charge is 0.0685 e. The molecule has 2 unspecified atom stereocenters. The molecule has 0 aliphatic heterocycles. The molecular weight excluding hydrogens is 222 g/mol. The molecule has 96 valence electrons. The summed E-state index contributed by atoms with van der Waals surface area (Å²) in [4.78, 5) is 0. The Kier molecular flexibility index (Phi) is 3.82. The first-order valence-electron chi connectivity index (χ1n) is 6.36. The van der Waals surface area contributed by atoms with Crippen LogP contribution in [0.4, 0.5) is 0 Å². The van der Waals surface area contributed by atoms with E-state index in [2.05, 4.69) is 61.6 Å². The predicted molar refractivity (Wildman–Crippen MR) is 74.7 cm³/mol. The first-order valence-corrected chi connectivity index (χ1v) is 6.36. The molecule has 0 aliphatic carbocycles. The molecule has 1 heterocycles. The highest BCUT2D eigenvalue weighted by Crippen LogP contribution is 2.25. The summed E-state index contributed by atoms with van der Waals surface area (Å²) in [5.74, 6) is 0. The maximum absolute atomic E-state index is 4.40. The quantitative estimate of drug-likeness (QED) is 0.894. The van der Waals surface area contributed by atoms with Crippen LogP contribution in [0.1, 0.15) is 35.7 Å². The lowest BCUT2D eigenvalue weighted by molar-refractivity contribution is 0.372. The zero-order valence-corrected chi connectivity index (χ0v) is 11.5. The van der Waals surface area contributed by atoms with Gasteiger partial charge >= 0.3 is 0 Å². The monoisotopic (exact) mass is 243 g/mol. The number of likely N-dealkylation sites (N-methyl/N-ethyl adjacent to an activating group) is 1. The van der Waals surface area contributed by atoms with Crippen molar-refractivity contribution in [3.8, 4) is 0 Å². The van der Waals surface area contributed by atoms with Crippen molar-refractivity contribution in [2.24, 2.45) is 0 Å². The van der Waals surface area contributed by atoms with Crippen LogP contribution in [0.15, 0.2) is 36.7 Å². The molecule has 1 aromatic carbocycles. The van der Waals surface area contributed by atoms with Crippen LogP contribution >= 0.6 is 0 Å². The summed E-state index contributed by atoms with van der Waals surface area (Å²) in [6.07, 6.45) is 3.99. The van der Waals surface area contributed by atoms with E-state index in [1.165, 1.54) is 16.7 Å². The lowest BCUT2D eigenvalue weighted by Crippen LogP contribution is -2.26. The summed E-state index contributed by atoms with van der Waals surface area (Å²) in [5, 5.41) is 7.79. The Morgan fingerprint density at radius 2 is 1.78 bits per heavy atom. The van der Waals surface area contributed by atoms with Gasteiger partial charge in [0.15, 0.2) is 0 Å². The molecule has 0 amide bonds. The summed E-state index contributed by atoms with van der Waals surface area (Å²) in [7, 11) is 2.00. The highest BCUT2D eigenvalue weighted by molar-refractivity contribution is 5.25. The van der Waals surface area contributed by atoms with Crippen LogP contribution in [0.5, 0.6) is 0 Å². The Bertz CT molecular complexity index is 499. The van der Waals surface area contributed by atoms with Crippen molar-refractivity contribution in [2.45, 2.75) is 32.9 Å².